The molecule has 10 heteroatoms. The van der Waals surface area contributed by atoms with E-state index in [4.69, 9.17) is 18.9 Å². The van der Waals surface area contributed by atoms with Crippen LogP contribution in [0.4, 0.5) is 0 Å². The number of thiazole rings is 1. The van der Waals surface area contributed by atoms with Gasteiger partial charge in [-0.2, -0.15) is 0 Å². The number of methoxy groups -OCH3 is 3. The van der Waals surface area contributed by atoms with E-state index in [0.29, 0.717) is 43.4 Å². The van der Waals surface area contributed by atoms with Crippen LogP contribution in [0.2, 0.25) is 0 Å². The second-order valence-electron chi connectivity index (χ2n) is 7.80. The van der Waals surface area contributed by atoms with Gasteiger partial charge < -0.3 is 18.9 Å². The number of hydrogen-bond donors (Lipinski definition) is 0. The van der Waals surface area contributed by atoms with Gasteiger partial charge in [0.05, 0.1) is 54.3 Å². The van der Waals surface area contributed by atoms with Gasteiger partial charge in [-0.15, -0.1) is 0 Å². The summed E-state index contributed by atoms with van der Waals surface area (Å²) in [5, 5.41) is 0. The number of benzene rings is 2. The highest BCUT2D eigenvalue weighted by Crippen LogP contribution is 2.34. The first-order valence-electron chi connectivity index (χ1n) is 11.1. The summed E-state index contributed by atoms with van der Waals surface area (Å²) >= 11 is 4.73. The Morgan fingerprint density at radius 3 is 2.42 bits per heavy atom. The summed E-state index contributed by atoms with van der Waals surface area (Å²) in [6, 6.07) is 10.1. The third-order valence-corrected chi connectivity index (χ3v) is 7.34. The molecule has 2 aromatic carbocycles. The number of hydrogen-bond acceptors (Lipinski definition) is 8. The van der Waals surface area contributed by atoms with Crippen LogP contribution in [0.5, 0.6) is 17.2 Å². The molecule has 188 valence electrons. The number of nitrogens with zero attached hydrogens (tertiary/aromatic N) is 2. The Kier molecular flexibility index (Phi) is 7.65. The molecule has 0 fully saturated rings. The number of carbonyl (C=O) groups is 1. The predicted molar refractivity (Wildman–Crippen MR) is 141 cm³/mol. The molecule has 2 heterocycles. The third-order valence-electron chi connectivity index (χ3n) is 5.74. The fourth-order valence-corrected chi connectivity index (χ4v) is 5.59. The van der Waals surface area contributed by atoms with Crippen LogP contribution >= 0.6 is 27.3 Å². The van der Waals surface area contributed by atoms with Gasteiger partial charge in [0.2, 0.25) is 0 Å². The van der Waals surface area contributed by atoms with Crippen LogP contribution in [0.15, 0.2) is 61.9 Å². The molecule has 0 unspecified atom stereocenters. The van der Waals surface area contributed by atoms with Crippen LogP contribution in [0.25, 0.3) is 6.08 Å². The highest BCUT2D eigenvalue weighted by atomic mass is 79.9. The Balaban J connectivity index is 1.95. The van der Waals surface area contributed by atoms with Gasteiger partial charge in [0, 0.05) is 11.6 Å². The first kappa shape index (κ1) is 25.7. The highest BCUT2D eigenvalue weighted by molar-refractivity contribution is 9.10. The summed E-state index contributed by atoms with van der Waals surface area (Å²) in [5.74, 6) is 1.33. The lowest BCUT2D eigenvalue weighted by atomic mass is 9.96. The molecule has 0 aliphatic carbocycles. The lowest BCUT2D eigenvalue weighted by Crippen LogP contribution is -2.39. The number of fused-ring (bicyclic) bond motifs is 1. The molecule has 1 aromatic heterocycles. The number of carbonyl (C=O) groups excluding carboxylic acids is 1. The predicted octanol–water partition coefficient (Wildman–Crippen LogP) is 3.59. The standard InChI is InChI=1S/C26H25BrN2O6S/c1-6-35-25(31)22-14(2)28-26-29(23(22)15-7-9-17(32-3)10-8-15)24(30)21(36-26)12-16-11-18(27)20(34-5)13-19(16)33-4/h7-13,23H,6H2,1-5H3/b21-12-/t23-/m1/s1. The van der Waals surface area contributed by atoms with E-state index in [1.165, 1.54) is 11.3 Å². The van der Waals surface area contributed by atoms with Crippen molar-refractivity contribution in [3.63, 3.8) is 0 Å². The van der Waals surface area contributed by atoms with Crippen molar-refractivity contribution in [2.24, 2.45) is 4.99 Å². The molecule has 3 aromatic rings. The molecule has 4 rings (SSSR count). The van der Waals surface area contributed by atoms with Gasteiger partial charge in [0.15, 0.2) is 4.80 Å². The molecule has 0 saturated heterocycles. The number of ether oxygens (including phenoxy) is 4. The minimum atomic E-state index is -0.696. The maximum Gasteiger partial charge on any atom is 0.338 e. The summed E-state index contributed by atoms with van der Waals surface area (Å²) < 4.78 is 24.2. The normalized spacial score (nSPS) is 15.3. The Morgan fingerprint density at radius 2 is 1.81 bits per heavy atom. The van der Waals surface area contributed by atoms with E-state index < -0.39 is 12.0 Å². The SMILES string of the molecule is CCOC(=O)C1=C(C)N=c2s/c(=C\c3cc(Br)c(OC)cc3OC)c(=O)n2[C@@H]1c1ccc(OC)cc1. The van der Waals surface area contributed by atoms with Crippen LogP contribution in [-0.2, 0) is 9.53 Å². The number of rotatable bonds is 7. The van der Waals surface area contributed by atoms with Crippen LogP contribution in [0.1, 0.15) is 31.0 Å². The molecule has 0 spiro atoms. The van der Waals surface area contributed by atoms with Crippen molar-refractivity contribution in [2.75, 3.05) is 27.9 Å². The van der Waals surface area contributed by atoms with Crippen LogP contribution in [0.3, 0.4) is 0 Å². The molecule has 0 radical (unpaired) electrons. The van der Waals surface area contributed by atoms with Crippen molar-refractivity contribution in [1.82, 2.24) is 4.57 Å². The smallest absolute Gasteiger partial charge is 0.338 e. The summed E-state index contributed by atoms with van der Waals surface area (Å²) in [7, 11) is 4.71. The van der Waals surface area contributed by atoms with E-state index >= 15 is 0 Å². The third kappa shape index (κ3) is 4.70. The molecule has 1 aliphatic rings. The fraction of sp³-hybridized carbons (Fsp3) is 0.269. The molecule has 1 aliphatic heterocycles. The average molecular weight is 573 g/mol. The van der Waals surface area contributed by atoms with Crippen molar-refractivity contribution in [2.45, 2.75) is 19.9 Å². The van der Waals surface area contributed by atoms with Crippen LogP contribution in [-0.4, -0.2) is 38.5 Å². The number of halogens is 1. The Labute approximate surface area is 220 Å². The molecule has 1 atom stereocenters. The van der Waals surface area contributed by atoms with Gasteiger partial charge in [-0.3, -0.25) is 9.36 Å². The summed E-state index contributed by atoms with van der Waals surface area (Å²) in [4.78, 5) is 31.9. The Bertz CT molecular complexity index is 1520. The van der Waals surface area contributed by atoms with Gasteiger partial charge in [-0.05, 0) is 59.6 Å². The zero-order valence-corrected chi connectivity index (χ0v) is 22.9. The molecular weight excluding hydrogens is 548 g/mol. The van der Waals surface area contributed by atoms with E-state index in [1.807, 2.05) is 18.2 Å². The molecular formula is C26H25BrN2O6S. The molecule has 0 N–H and O–H groups in total. The summed E-state index contributed by atoms with van der Waals surface area (Å²) in [5.41, 5.74) is 1.99. The topological polar surface area (TPSA) is 88.4 Å². The molecule has 8 nitrogen and oxygen atoms in total. The number of aromatic nitrogens is 1. The van der Waals surface area contributed by atoms with E-state index in [-0.39, 0.29) is 12.2 Å². The zero-order chi connectivity index (χ0) is 26.0. The molecule has 0 saturated carbocycles. The van der Waals surface area contributed by atoms with Crippen molar-refractivity contribution in [3.05, 3.63) is 83.0 Å². The van der Waals surface area contributed by atoms with Gasteiger partial charge in [-0.25, -0.2) is 9.79 Å². The van der Waals surface area contributed by atoms with E-state index in [9.17, 15) is 9.59 Å². The first-order valence-corrected chi connectivity index (χ1v) is 12.7. The van der Waals surface area contributed by atoms with Gasteiger partial charge in [0.1, 0.15) is 17.2 Å². The average Bonchev–Trinajstić information content (AvgIpc) is 3.17. The monoisotopic (exact) mass is 572 g/mol. The maximum absolute atomic E-state index is 13.8. The van der Waals surface area contributed by atoms with Crippen molar-refractivity contribution in [3.8, 4) is 17.2 Å². The van der Waals surface area contributed by atoms with Crippen LogP contribution < -0.4 is 29.1 Å². The zero-order valence-electron chi connectivity index (χ0n) is 20.5. The Morgan fingerprint density at radius 1 is 1.11 bits per heavy atom. The van der Waals surface area contributed by atoms with Crippen molar-refractivity contribution < 1.29 is 23.7 Å². The Hall–Kier alpha value is -3.37. The van der Waals surface area contributed by atoms with E-state index in [2.05, 4.69) is 20.9 Å². The second kappa shape index (κ2) is 10.7. The number of esters is 1. The fourth-order valence-electron chi connectivity index (χ4n) is 4.03. The first-order chi connectivity index (χ1) is 17.3. The molecule has 0 amide bonds. The lowest BCUT2D eigenvalue weighted by molar-refractivity contribution is -0.139. The summed E-state index contributed by atoms with van der Waals surface area (Å²) in [6.45, 7) is 3.71. The molecule has 36 heavy (non-hydrogen) atoms. The second-order valence-corrected chi connectivity index (χ2v) is 9.67. The van der Waals surface area contributed by atoms with Gasteiger partial charge in [-0.1, -0.05) is 23.5 Å². The van der Waals surface area contributed by atoms with E-state index in [1.54, 1.807) is 64.0 Å². The lowest BCUT2D eigenvalue weighted by Gasteiger charge is -2.24. The van der Waals surface area contributed by atoms with Crippen molar-refractivity contribution in [1.29, 1.82) is 0 Å². The van der Waals surface area contributed by atoms with Gasteiger partial charge in [0.25, 0.3) is 5.56 Å². The minimum Gasteiger partial charge on any atom is -0.497 e. The quantitative estimate of drug-likeness (QED) is 0.402. The van der Waals surface area contributed by atoms with E-state index in [0.717, 1.165) is 10.0 Å². The van der Waals surface area contributed by atoms with Gasteiger partial charge >= 0.3 is 5.97 Å². The molecule has 0 bridgehead atoms. The van der Waals surface area contributed by atoms with Crippen molar-refractivity contribution >= 4 is 39.3 Å². The maximum atomic E-state index is 13.8. The summed E-state index contributed by atoms with van der Waals surface area (Å²) in [6.07, 6.45) is 1.75. The largest absolute Gasteiger partial charge is 0.497 e. The number of allylic oxidation sites excluding steroid dienone is 1. The minimum absolute atomic E-state index is 0.210. The highest BCUT2D eigenvalue weighted by Gasteiger charge is 2.33. The van der Waals surface area contributed by atoms with Crippen LogP contribution in [0, 0.1) is 0 Å².